The van der Waals surface area contributed by atoms with Crippen LogP contribution in [0.3, 0.4) is 0 Å². The van der Waals surface area contributed by atoms with Crippen molar-refractivity contribution < 1.29 is 4.21 Å². The second-order valence-corrected chi connectivity index (χ2v) is 4.95. The van der Waals surface area contributed by atoms with Crippen LogP contribution in [0.2, 0.25) is 0 Å². The molecule has 0 aromatic heterocycles. The van der Waals surface area contributed by atoms with Crippen LogP contribution in [0, 0.1) is 11.5 Å². The Morgan fingerprint density at radius 2 is 2.11 bits per heavy atom. The molecule has 0 saturated carbocycles. The normalized spacial score (nSPS) is 16.3. The molecular weight excluding hydrogens is 136 g/mol. The van der Waals surface area contributed by atoms with E-state index in [0.29, 0.717) is 0 Å². The molecule has 0 aromatic carbocycles. The predicted molar refractivity (Wildman–Crippen MR) is 37.2 cm³/mol. The standard InChI is InChI=1S/C5H10N2OS/c1-5(2)9(3,8)7-4-6/h5H,1-3H3. The lowest BCUT2D eigenvalue weighted by atomic mass is 10.6. The SMILES string of the molecule is CC(C)S(C)(=O)=NC#N. The molecule has 0 bridgehead atoms. The summed E-state index contributed by atoms with van der Waals surface area (Å²) in [4.78, 5) is 0. The van der Waals surface area contributed by atoms with Crippen molar-refractivity contribution in [1.82, 2.24) is 0 Å². The Labute approximate surface area is 55.9 Å². The third kappa shape index (κ3) is 2.47. The minimum absolute atomic E-state index is 0.0443. The average molecular weight is 146 g/mol. The van der Waals surface area contributed by atoms with E-state index in [-0.39, 0.29) is 5.25 Å². The Morgan fingerprint density at radius 3 is 2.22 bits per heavy atom. The van der Waals surface area contributed by atoms with Crippen LogP contribution in [0.25, 0.3) is 0 Å². The van der Waals surface area contributed by atoms with Gasteiger partial charge in [-0.15, -0.1) is 4.36 Å². The van der Waals surface area contributed by atoms with Crippen LogP contribution in [0.1, 0.15) is 13.8 Å². The molecule has 3 nitrogen and oxygen atoms in total. The lowest BCUT2D eigenvalue weighted by Gasteiger charge is -2.02. The Bertz CT molecular complexity index is 230. The van der Waals surface area contributed by atoms with Crippen LogP contribution in [0.5, 0.6) is 0 Å². The molecule has 0 aliphatic carbocycles. The molecule has 0 rings (SSSR count). The summed E-state index contributed by atoms with van der Waals surface area (Å²) >= 11 is 0. The van der Waals surface area contributed by atoms with Gasteiger partial charge in [-0.2, -0.15) is 5.26 Å². The van der Waals surface area contributed by atoms with Crippen LogP contribution < -0.4 is 0 Å². The van der Waals surface area contributed by atoms with Crippen molar-refractivity contribution in [2.45, 2.75) is 19.1 Å². The summed E-state index contributed by atoms with van der Waals surface area (Å²) in [6.45, 7) is 3.56. The monoisotopic (exact) mass is 146 g/mol. The van der Waals surface area contributed by atoms with E-state index >= 15 is 0 Å². The van der Waals surface area contributed by atoms with E-state index in [2.05, 4.69) is 4.36 Å². The first kappa shape index (κ1) is 8.44. The fraction of sp³-hybridized carbons (Fsp3) is 0.800. The summed E-state index contributed by atoms with van der Waals surface area (Å²) in [7, 11) is -2.23. The van der Waals surface area contributed by atoms with Crippen LogP contribution >= 0.6 is 0 Å². The minimum Gasteiger partial charge on any atom is -0.249 e. The van der Waals surface area contributed by atoms with E-state index in [4.69, 9.17) is 5.26 Å². The van der Waals surface area contributed by atoms with Crippen LogP contribution in [0.15, 0.2) is 4.36 Å². The van der Waals surface area contributed by atoms with Gasteiger partial charge in [0.1, 0.15) is 0 Å². The van der Waals surface area contributed by atoms with Crippen molar-refractivity contribution in [3.63, 3.8) is 0 Å². The van der Waals surface area contributed by atoms with Crippen molar-refractivity contribution in [3.05, 3.63) is 0 Å². The Balaban J connectivity index is 4.66. The molecule has 0 amide bonds. The van der Waals surface area contributed by atoms with E-state index in [9.17, 15) is 4.21 Å². The van der Waals surface area contributed by atoms with Crippen molar-refractivity contribution in [2.75, 3.05) is 6.26 Å². The first-order valence-electron chi connectivity index (χ1n) is 2.60. The van der Waals surface area contributed by atoms with E-state index < -0.39 is 9.73 Å². The van der Waals surface area contributed by atoms with Gasteiger partial charge in [0.05, 0.1) is 9.73 Å². The van der Waals surface area contributed by atoms with Gasteiger partial charge in [-0.3, -0.25) is 0 Å². The van der Waals surface area contributed by atoms with Crippen molar-refractivity contribution in [2.24, 2.45) is 4.36 Å². The van der Waals surface area contributed by atoms with Gasteiger partial charge < -0.3 is 0 Å². The molecule has 0 fully saturated rings. The topological polar surface area (TPSA) is 53.2 Å². The summed E-state index contributed by atoms with van der Waals surface area (Å²) in [6, 6.07) is 0. The van der Waals surface area contributed by atoms with Gasteiger partial charge in [0.15, 0.2) is 0 Å². The molecule has 0 aliphatic heterocycles. The molecule has 9 heavy (non-hydrogen) atoms. The lowest BCUT2D eigenvalue weighted by Crippen LogP contribution is -2.10. The predicted octanol–water partition coefficient (Wildman–Crippen LogP) is 0.974. The maximum absolute atomic E-state index is 11.1. The second kappa shape index (κ2) is 2.83. The molecule has 1 atom stereocenters. The quantitative estimate of drug-likeness (QED) is 0.518. The van der Waals surface area contributed by atoms with E-state index in [1.807, 2.05) is 0 Å². The van der Waals surface area contributed by atoms with Gasteiger partial charge in [0.2, 0.25) is 6.19 Å². The van der Waals surface area contributed by atoms with E-state index in [0.717, 1.165) is 0 Å². The molecule has 0 heterocycles. The molecular formula is C5H10N2OS. The smallest absolute Gasteiger partial charge is 0.214 e. The zero-order chi connectivity index (χ0) is 7.49. The molecule has 0 aromatic rings. The largest absolute Gasteiger partial charge is 0.249 e. The maximum atomic E-state index is 11.1. The highest BCUT2D eigenvalue weighted by molar-refractivity contribution is 7.93. The van der Waals surface area contributed by atoms with Crippen LogP contribution in [-0.2, 0) is 9.73 Å². The molecule has 52 valence electrons. The number of hydrogen-bond donors (Lipinski definition) is 0. The van der Waals surface area contributed by atoms with E-state index in [1.165, 1.54) is 12.4 Å². The van der Waals surface area contributed by atoms with Gasteiger partial charge in [0.25, 0.3) is 0 Å². The van der Waals surface area contributed by atoms with Gasteiger partial charge in [0, 0.05) is 11.5 Å². The van der Waals surface area contributed by atoms with Crippen molar-refractivity contribution in [3.8, 4) is 6.19 Å². The molecule has 4 heteroatoms. The fourth-order valence-corrected chi connectivity index (χ4v) is 0.559. The fourth-order valence-electron chi connectivity index (χ4n) is 0.186. The molecule has 0 radical (unpaired) electrons. The number of nitriles is 1. The van der Waals surface area contributed by atoms with E-state index in [1.54, 1.807) is 13.8 Å². The molecule has 0 saturated heterocycles. The second-order valence-electron chi connectivity index (χ2n) is 2.10. The third-order valence-corrected chi connectivity index (χ3v) is 3.29. The molecule has 0 N–H and O–H groups in total. The van der Waals surface area contributed by atoms with Gasteiger partial charge >= 0.3 is 0 Å². The van der Waals surface area contributed by atoms with Gasteiger partial charge in [-0.1, -0.05) is 13.8 Å². The van der Waals surface area contributed by atoms with Crippen LogP contribution in [0.4, 0.5) is 0 Å². The molecule has 0 spiro atoms. The third-order valence-electron chi connectivity index (χ3n) is 1.10. The maximum Gasteiger partial charge on any atom is 0.214 e. The van der Waals surface area contributed by atoms with Crippen molar-refractivity contribution in [1.29, 1.82) is 5.26 Å². The van der Waals surface area contributed by atoms with Crippen molar-refractivity contribution >= 4 is 9.73 Å². The summed E-state index contributed by atoms with van der Waals surface area (Å²) in [6.07, 6.45) is 3.03. The summed E-state index contributed by atoms with van der Waals surface area (Å²) in [5, 5.41) is 8.01. The number of nitrogens with zero attached hydrogens (tertiary/aromatic N) is 2. The first-order chi connectivity index (χ1) is 4.00. The Kier molecular flexibility index (Phi) is 2.65. The average Bonchev–Trinajstić information content (AvgIpc) is 1.65. The van der Waals surface area contributed by atoms with Crippen LogP contribution in [-0.4, -0.2) is 15.7 Å². The number of hydrogen-bond acceptors (Lipinski definition) is 3. The summed E-state index contributed by atoms with van der Waals surface area (Å²) in [5.74, 6) is 0. The zero-order valence-corrected chi connectivity index (χ0v) is 6.60. The molecule has 1 unspecified atom stereocenters. The number of rotatable bonds is 1. The first-order valence-corrected chi connectivity index (χ1v) is 4.58. The highest BCUT2D eigenvalue weighted by Gasteiger charge is 2.05. The van der Waals surface area contributed by atoms with Gasteiger partial charge in [-0.05, 0) is 0 Å². The minimum atomic E-state index is -2.23. The summed E-state index contributed by atoms with van der Waals surface area (Å²) in [5.41, 5.74) is 0. The Morgan fingerprint density at radius 1 is 1.67 bits per heavy atom. The molecule has 0 aliphatic rings. The highest BCUT2D eigenvalue weighted by atomic mass is 32.2. The van der Waals surface area contributed by atoms with Gasteiger partial charge in [-0.25, -0.2) is 4.21 Å². The highest BCUT2D eigenvalue weighted by Crippen LogP contribution is 1.99. The zero-order valence-electron chi connectivity index (χ0n) is 5.79. The Hall–Kier alpha value is -0.560. The summed E-state index contributed by atoms with van der Waals surface area (Å²) < 4.78 is 14.4. The lowest BCUT2D eigenvalue weighted by molar-refractivity contribution is 0.674.